The zero-order valence-electron chi connectivity index (χ0n) is 18.4. The summed E-state index contributed by atoms with van der Waals surface area (Å²) in [5, 5.41) is 9.56. The van der Waals surface area contributed by atoms with E-state index in [0.717, 1.165) is 61.0 Å². The maximum atomic E-state index is 10.7. The first-order chi connectivity index (χ1) is 15.0. The highest BCUT2D eigenvalue weighted by atomic mass is 35.5. The Bertz CT molecular complexity index is 942. The Morgan fingerprint density at radius 3 is 2.72 bits per heavy atom. The third kappa shape index (κ3) is 5.51. The molecule has 0 aromatic heterocycles. The van der Waals surface area contributed by atoms with Crippen LogP contribution >= 0.6 is 24.0 Å². The van der Waals surface area contributed by atoms with Crippen LogP contribution in [0.4, 0.5) is 0 Å². The minimum Gasteiger partial charge on any atom is -0.492 e. The molecular formula is C25H31Cl2NO4. The van der Waals surface area contributed by atoms with Crippen molar-refractivity contribution < 1.29 is 19.4 Å². The number of fused-ring (bicyclic) bond motifs is 2. The Labute approximate surface area is 201 Å². The number of aryl methyl sites for hydroxylation is 1. The number of aliphatic carboxylic acids is 1. The van der Waals surface area contributed by atoms with Gasteiger partial charge in [0.2, 0.25) is 0 Å². The maximum Gasteiger partial charge on any atom is 0.303 e. The van der Waals surface area contributed by atoms with E-state index in [-0.39, 0.29) is 24.2 Å². The molecule has 1 N–H and O–H groups in total. The topological polar surface area (TPSA) is 59.0 Å². The van der Waals surface area contributed by atoms with Gasteiger partial charge in [0.05, 0.1) is 6.61 Å². The molecule has 5 nitrogen and oxygen atoms in total. The largest absolute Gasteiger partial charge is 0.492 e. The predicted octanol–water partition coefficient (Wildman–Crippen LogP) is 5.49. The smallest absolute Gasteiger partial charge is 0.303 e. The van der Waals surface area contributed by atoms with Gasteiger partial charge in [0.25, 0.3) is 0 Å². The standard InChI is InChI=1S/C25H30ClNO4.ClH/c1-2-18-5-8-22(26)19(14-18)16-30-20-6-7-21-23(15-20)31-17-25(21)9-12-27(13-10-25)11-3-4-24(28)29;/h5-8,14-15H,2-4,9-13,16-17H2,1H3,(H,28,29);1H. The molecule has 0 amide bonds. The molecule has 32 heavy (non-hydrogen) atoms. The molecule has 2 aliphatic heterocycles. The normalized spacial score (nSPS) is 16.8. The first-order valence-electron chi connectivity index (χ1n) is 11.1. The van der Waals surface area contributed by atoms with Crippen molar-refractivity contribution in [1.29, 1.82) is 0 Å². The monoisotopic (exact) mass is 479 g/mol. The van der Waals surface area contributed by atoms with Crippen LogP contribution < -0.4 is 9.47 Å². The number of halogens is 2. The Kier molecular flexibility index (Phi) is 8.32. The molecule has 0 aliphatic carbocycles. The SMILES string of the molecule is CCc1ccc(Cl)c(COc2ccc3c(c2)OCC32CCN(CCCC(=O)O)CC2)c1.Cl. The zero-order valence-corrected chi connectivity index (χ0v) is 20.0. The van der Waals surface area contributed by atoms with Crippen LogP contribution in [0.2, 0.25) is 5.02 Å². The van der Waals surface area contributed by atoms with E-state index in [1.807, 2.05) is 24.3 Å². The van der Waals surface area contributed by atoms with Gasteiger partial charge in [-0.05, 0) is 63.0 Å². The number of benzene rings is 2. The summed E-state index contributed by atoms with van der Waals surface area (Å²) in [5.74, 6) is 0.995. The van der Waals surface area contributed by atoms with Crippen molar-refractivity contribution in [2.24, 2.45) is 0 Å². The number of carboxylic acid groups (broad SMARTS) is 1. The summed E-state index contributed by atoms with van der Waals surface area (Å²) in [6.07, 6.45) is 3.99. The molecule has 4 rings (SSSR count). The number of hydrogen-bond donors (Lipinski definition) is 1. The van der Waals surface area contributed by atoms with E-state index in [0.29, 0.717) is 19.6 Å². The van der Waals surface area contributed by atoms with Crippen LogP contribution in [0.15, 0.2) is 36.4 Å². The number of rotatable bonds is 8. The third-order valence-electron chi connectivity index (χ3n) is 6.62. The molecule has 0 saturated carbocycles. The minimum absolute atomic E-state index is 0. The van der Waals surface area contributed by atoms with E-state index in [9.17, 15) is 4.79 Å². The molecular weight excluding hydrogens is 449 g/mol. The van der Waals surface area contributed by atoms with Crippen LogP contribution in [0.25, 0.3) is 0 Å². The molecule has 1 fully saturated rings. The highest BCUT2D eigenvalue weighted by molar-refractivity contribution is 6.31. The molecule has 2 aliphatic rings. The van der Waals surface area contributed by atoms with E-state index in [1.54, 1.807) is 0 Å². The van der Waals surface area contributed by atoms with Gasteiger partial charge in [-0.2, -0.15) is 0 Å². The molecule has 174 valence electrons. The minimum atomic E-state index is -0.718. The summed E-state index contributed by atoms with van der Waals surface area (Å²) in [5.41, 5.74) is 3.58. The number of piperidine rings is 1. The molecule has 1 saturated heterocycles. The Morgan fingerprint density at radius 2 is 2.00 bits per heavy atom. The highest BCUT2D eigenvalue weighted by Crippen LogP contribution is 2.46. The summed E-state index contributed by atoms with van der Waals surface area (Å²) in [4.78, 5) is 13.1. The van der Waals surface area contributed by atoms with Crippen molar-refractivity contribution in [2.45, 2.75) is 51.0 Å². The van der Waals surface area contributed by atoms with Gasteiger partial charge in [-0.25, -0.2) is 0 Å². The first-order valence-corrected chi connectivity index (χ1v) is 11.5. The van der Waals surface area contributed by atoms with Crippen molar-refractivity contribution >= 4 is 30.0 Å². The zero-order chi connectivity index (χ0) is 21.8. The molecule has 0 bridgehead atoms. The number of ether oxygens (including phenoxy) is 2. The van der Waals surface area contributed by atoms with E-state index >= 15 is 0 Å². The van der Waals surface area contributed by atoms with Gasteiger partial charge in [0, 0.05) is 34.1 Å². The van der Waals surface area contributed by atoms with Gasteiger partial charge >= 0.3 is 5.97 Å². The Morgan fingerprint density at radius 1 is 1.22 bits per heavy atom. The van der Waals surface area contributed by atoms with Crippen LogP contribution in [0, 0.1) is 0 Å². The number of carbonyl (C=O) groups is 1. The summed E-state index contributed by atoms with van der Waals surface area (Å²) in [6.45, 7) is 6.08. The number of likely N-dealkylation sites (tertiary alicyclic amines) is 1. The quantitative estimate of drug-likeness (QED) is 0.541. The number of carboxylic acids is 1. The molecule has 1 spiro atoms. The fraction of sp³-hybridized carbons (Fsp3) is 0.480. The summed E-state index contributed by atoms with van der Waals surface area (Å²) in [6, 6.07) is 12.3. The van der Waals surface area contributed by atoms with Crippen molar-refractivity contribution in [3.05, 3.63) is 58.1 Å². The van der Waals surface area contributed by atoms with Gasteiger partial charge in [-0.1, -0.05) is 36.7 Å². The van der Waals surface area contributed by atoms with E-state index in [2.05, 4.69) is 24.0 Å². The van der Waals surface area contributed by atoms with Crippen LogP contribution in [0.5, 0.6) is 11.5 Å². The molecule has 2 aromatic rings. The van der Waals surface area contributed by atoms with Crippen molar-refractivity contribution in [1.82, 2.24) is 4.90 Å². The molecule has 7 heteroatoms. The Hall–Kier alpha value is -1.95. The fourth-order valence-corrected chi connectivity index (χ4v) is 4.81. The molecule has 0 radical (unpaired) electrons. The van der Waals surface area contributed by atoms with Gasteiger partial charge in [0.15, 0.2) is 0 Å². The number of nitrogens with zero attached hydrogens (tertiary/aromatic N) is 1. The molecule has 2 aromatic carbocycles. The van der Waals surface area contributed by atoms with Crippen molar-refractivity contribution in [3.63, 3.8) is 0 Å². The first kappa shape index (κ1) is 24.7. The summed E-state index contributed by atoms with van der Waals surface area (Å²) in [7, 11) is 0. The lowest BCUT2D eigenvalue weighted by Crippen LogP contribution is -2.43. The molecule has 0 atom stereocenters. The van der Waals surface area contributed by atoms with Crippen LogP contribution in [0.3, 0.4) is 0 Å². The van der Waals surface area contributed by atoms with Crippen molar-refractivity contribution in [2.75, 3.05) is 26.2 Å². The predicted molar refractivity (Wildman–Crippen MR) is 129 cm³/mol. The fourth-order valence-electron chi connectivity index (χ4n) is 4.64. The van der Waals surface area contributed by atoms with Crippen LogP contribution in [0.1, 0.15) is 49.3 Å². The molecule has 2 heterocycles. The van der Waals surface area contributed by atoms with E-state index in [1.165, 1.54) is 11.1 Å². The second-order valence-corrected chi connectivity index (χ2v) is 9.04. The van der Waals surface area contributed by atoms with Gasteiger partial charge in [-0.3, -0.25) is 4.79 Å². The second-order valence-electron chi connectivity index (χ2n) is 8.63. The van der Waals surface area contributed by atoms with E-state index in [4.69, 9.17) is 26.2 Å². The van der Waals surface area contributed by atoms with Crippen LogP contribution in [-0.4, -0.2) is 42.2 Å². The highest BCUT2D eigenvalue weighted by Gasteiger charge is 2.43. The molecule has 0 unspecified atom stereocenters. The summed E-state index contributed by atoms with van der Waals surface area (Å²) >= 11 is 6.33. The third-order valence-corrected chi connectivity index (χ3v) is 6.99. The van der Waals surface area contributed by atoms with Crippen molar-refractivity contribution in [3.8, 4) is 11.5 Å². The van der Waals surface area contributed by atoms with Gasteiger partial charge in [-0.15, -0.1) is 12.4 Å². The number of hydrogen-bond acceptors (Lipinski definition) is 4. The van der Waals surface area contributed by atoms with Gasteiger partial charge in [0.1, 0.15) is 18.1 Å². The lowest BCUT2D eigenvalue weighted by atomic mass is 9.74. The van der Waals surface area contributed by atoms with Gasteiger partial charge < -0.3 is 19.5 Å². The Balaban J connectivity index is 0.00000289. The van der Waals surface area contributed by atoms with E-state index < -0.39 is 5.97 Å². The lowest BCUT2D eigenvalue weighted by molar-refractivity contribution is -0.137. The summed E-state index contributed by atoms with van der Waals surface area (Å²) < 4.78 is 12.1. The maximum absolute atomic E-state index is 10.7. The van der Waals surface area contributed by atoms with Crippen LogP contribution in [-0.2, 0) is 23.2 Å². The lowest BCUT2D eigenvalue weighted by Gasteiger charge is -2.38. The second kappa shape index (κ2) is 10.8. The average molecular weight is 480 g/mol. The average Bonchev–Trinajstić information content (AvgIpc) is 3.12.